The fraction of sp³-hybridized carbons (Fsp3) is 0.222. The molecule has 0 aliphatic carbocycles. The predicted octanol–water partition coefficient (Wildman–Crippen LogP) is 3.40. The smallest absolute Gasteiger partial charge is 0.387 e. The van der Waals surface area contributed by atoms with E-state index in [0.717, 1.165) is 5.56 Å². The molecule has 2 aromatic carbocycles. The van der Waals surface area contributed by atoms with Crippen molar-refractivity contribution in [3.05, 3.63) is 59.7 Å². The van der Waals surface area contributed by atoms with Crippen molar-refractivity contribution in [2.24, 2.45) is 0 Å². The molecule has 0 fully saturated rings. The number of halogens is 2. The first-order valence-electron chi connectivity index (χ1n) is 7.55. The molecule has 3 rings (SSSR count). The van der Waals surface area contributed by atoms with Gasteiger partial charge in [0.2, 0.25) is 0 Å². The molecule has 0 radical (unpaired) electrons. The molecular weight excluding hydrogens is 332 g/mol. The molecule has 0 bridgehead atoms. The second kappa shape index (κ2) is 6.51. The first-order chi connectivity index (χ1) is 11.9. The lowest BCUT2D eigenvalue weighted by Crippen LogP contribution is -2.48. The molecule has 0 unspecified atom stereocenters. The van der Waals surface area contributed by atoms with Gasteiger partial charge in [-0.3, -0.25) is 4.79 Å². The largest absolute Gasteiger partial charge is 0.445 e. The lowest BCUT2D eigenvalue weighted by molar-refractivity contribution is -0.134. The van der Waals surface area contributed by atoms with Crippen molar-refractivity contribution in [1.82, 2.24) is 0 Å². The Labute approximate surface area is 142 Å². The van der Waals surface area contributed by atoms with Crippen LogP contribution in [-0.4, -0.2) is 24.1 Å². The van der Waals surface area contributed by atoms with E-state index in [9.17, 15) is 18.4 Å². The molecule has 1 aliphatic rings. The molecule has 5 nitrogen and oxygen atoms in total. The van der Waals surface area contributed by atoms with Crippen molar-refractivity contribution in [3.63, 3.8) is 0 Å². The van der Waals surface area contributed by atoms with E-state index >= 15 is 0 Å². The number of alkyl halides is 2. The zero-order chi connectivity index (χ0) is 18.0. The van der Waals surface area contributed by atoms with Crippen LogP contribution in [0.4, 0.5) is 14.5 Å². The Hall–Kier alpha value is -2.96. The van der Waals surface area contributed by atoms with Crippen LogP contribution < -0.4 is 10.1 Å². The molecule has 1 aliphatic heterocycles. The normalized spacial score (nSPS) is 19.1. The van der Waals surface area contributed by atoms with Crippen LogP contribution in [0, 0.1) is 0 Å². The van der Waals surface area contributed by atoms with Crippen molar-refractivity contribution in [1.29, 1.82) is 0 Å². The number of anilines is 1. The third kappa shape index (κ3) is 3.60. The average molecular weight is 347 g/mol. The fourth-order valence-corrected chi connectivity index (χ4v) is 2.64. The van der Waals surface area contributed by atoms with Crippen molar-refractivity contribution >= 4 is 17.6 Å². The average Bonchev–Trinajstić information content (AvgIpc) is 2.56. The highest BCUT2D eigenvalue weighted by atomic mass is 19.3. The van der Waals surface area contributed by atoms with Gasteiger partial charge in [0, 0.05) is 12.1 Å². The number of amides is 1. The molecule has 0 saturated heterocycles. The summed E-state index contributed by atoms with van der Waals surface area (Å²) in [6, 6.07) is 12.4. The molecule has 25 heavy (non-hydrogen) atoms. The molecule has 1 atom stereocenters. The van der Waals surface area contributed by atoms with Gasteiger partial charge < -0.3 is 14.8 Å². The summed E-state index contributed by atoms with van der Waals surface area (Å²) < 4.78 is 33.9. The van der Waals surface area contributed by atoms with E-state index in [1.54, 1.807) is 24.3 Å². The Balaban J connectivity index is 1.74. The summed E-state index contributed by atoms with van der Waals surface area (Å²) in [4.78, 5) is 24.7. The van der Waals surface area contributed by atoms with Crippen LogP contribution >= 0.6 is 0 Å². The van der Waals surface area contributed by atoms with Crippen molar-refractivity contribution in [3.8, 4) is 5.75 Å². The fourth-order valence-electron chi connectivity index (χ4n) is 2.64. The van der Waals surface area contributed by atoms with Gasteiger partial charge in [0.05, 0.1) is 5.56 Å². The summed E-state index contributed by atoms with van der Waals surface area (Å²) >= 11 is 0. The lowest BCUT2D eigenvalue weighted by Gasteiger charge is -2.33. The van der Waals surface area contributed by atoms with Crippen LogP contribution in [0.5, 0.6) is 5.75 Å². The van der Waals surface area contributed by atoms with Gasteiger partial charge in [0.25, 0.3) is 5.91 Å². The Morgan fingerprint density at radius 3 is 2.56 bits per heavy atom. The highest BCUT2D eigenvalue weighted by Gasteiger charge is 2.42. The SMILES string of the molecule is C[C@]1(C(=O)Nc2ccc(OC(F)F)cc2)Cc2ccccc2C(=O)O1. The van der Waals surface area contributed by atoms with Crippen molar-refractivity contribution < 1.29 is 27.8 Å². The number of hydrogen-bond donors (Lipinski definition) is 1. The summed E-state index contributed by atoms with van der Waals surface area (Å²) in [5.41, 5.74) is 0.199. The van der Waals surface area contributed by atoms with E-state index in [0.29, 0.717) is 11.3 Å². The van der Waals surface area contributed by atoms with E-state index in [2.05, 4.69) is 10.1 Å². The van der Waals surface area contributed by atoms with Gasteiger partial charge in [0.15, 0.2) is 5.60 Å². The highest BCUT2D eigenvalue weighted by molar-refractivity contribution is 6.02. The molecule has 130 valence electrons. The maximum absolute atomic E-state index is 12.6. The van der Waals surface area contributed by atoms with E-state index in [-0.39, 0.29) is 12.2 Å². The topological polar surface area (TPSA) is 64.6 Å². The van der Waals surface area contributed by atoms with Gasteiger partial charge >= 0.3 is 12.6 Å². The number of cyclic esters (lactones) is 1. The third-order valence-corrected chi connectivity index (χ3v) is 3.90. The minimum atomic E-state index is -2.92. The first kappa shape index (κ1) is 16.9. The Morgan fingerprint density at radius 2 is 1.88 bits per heavy atom. The number of carbonyl (C=O) groups excluding carboxylic acids is 2. The van der Waals surface area contributed by atoms with Gasteiger partial charge in [-0.15, -0.1) is 0 Å². The number of esters is 1. The maximum atomic E-state index is 12.6. The summed E-state index contributed by atoms with van der Waals surface area (Å²) in [5, 5.41) is 2.62. The van der Waals surface area contributed by atoms with Crippen LogP contribution in [0.2, 0.25) is 0 Å². The quantitative estimate of drug-likeness (QED) is 0.861. The van der Waals surface area contributed by atoms with Crippen LogP contribution in [0.1, 0.15) is 22.8 Å². The third-order valence-electron chi connectivity index (χ3n) is 3.90. The molecule has 0 saturated carbocycles. The zero-order valence-corrected chi connectivity index (χ0v) is 13.3. The number of nitrogens with one attached hydrogen (secondary N) is 1. The summed E-state index contributed by atoms with van der Waals surface area (Å²) in [6.07, 6.45) is 0.243. The van der Waals surface area contributed by atoms with Gasteiger partial charge in [-0.2, -0.15) is 8.78 Å². The number of carbonyl (C=O) groups is 2. The summed E-state index contributed by atoms with van der Waals surface area (Å²) in [6.45, 7) is -1.38. The van der Waals surface area contributed by atoms with E-state index in [4.69, 9.17) is 4.74 Å². The standard InChI is InChI=1S/C18H15F2NO4/c1-18(10-11-4-2-3-5-14(11)15(22)25-18)16(23)21-12-6-8-13(9-7-12)24-17(19)20/h2-9,17H,10H2,1H3,(H,21,23)/t18-/m1/s1. The molecule has 2 aromatic rings. The zero-order valence-electron chi connectivity index (χ0n) is 13.3. The molecule has 1 heterocycles. The first-order valence-corrected chi connectivity index (χ1v) is 7.55. The minimum absolute atomic E-state index is 0.0165. The maximum Gasteiger partial charge on any atom is 0.387 e. The van der Waals surface area contributed by atoms with Gasteiger partial charge in [-0.1, -0.05) is 18.2 Å². The van der Waals surface area contributed by atoms with E-state index in [1.807, 2.05) is 0 Å². The molecule has 0 spiro atoms. The van der Waals surface area contributed by atoms with Gasteiger partial charge in [-0.05, 0) is 42.8 Å². The lowest BCUT2D eigenvalue weighted by atomic mass is 9.89. The summed E-state index contributed by atoms with van der Waals surface area (Å²) in [5.74, 6) is -1.07. The monoisotopic (exact) mass is 347 g/mol. The minimum Gasteiger partial charge on any atom is -0.445 e. The number of benzene rings is 2. The van der Waals surface area contributed by atoms with Crippen LogP contribution in [0.3, 0.4) is 0 Å². The Morgan fingerprint density at radius 1 is 1.20 bits per heavy atom. The van der Waals surface area contributed by atoms with E-state index in [1.165, 1.54) is 31.2 Å². The number of ether oxygens (including phenoxy) is 2. The highest BCUT2D eigenvalue weighted by Crippen LogP contribution is 2.29. The van der Waals surface area contributed by atoms with Crippen LogP contribution in [0.15, 0.2) is 48.5 Å². The van der Waals surface area contributed by atoms with Crippen LogP contribution in [-0.2, 0) is 16.0 Å². The molecular formula is C18H15F2NO4. The molecule has 1 amide bonds. The number of fused-ring (bicyclic) bond motifs is 1. The van der Waals surface area contributed by atoms with Crippen molar-refractivity contribution in [2.45, 2.75) is 25.6 Å². The molecule has 7 heteroatoms. The van der Waals surface area contributed by atoms with Gasteiger partial charge in [-0.25, -0.2) is 4.79 Å². The Kier molecular flexibility index (Phi) is 4.39. The summed E-state index contributed by atoms with van der Waals surface area (Å²) in [7, 11) is 0. The second-order valence-corrected chi connectivity index (χ2v) is 5.81. The van der Waals surface area contributed by atoms with Gasteiger partial charge in [0.1, 0.15) is 5.75 Å². The molecule has 0 aromatic heterocycles. The molecule has 1 N–H and O–H groups in total. The number of hydrogen-bond acceptors (Lipinski definition) is 4. The van der Waals surface area contributed by atoms with E-state index < -0.39 is 24.1 Å². The Bertz CT molecular complexity index is 807. The number of rotatable bonds is 4. The van der Waals surface area contributed by atoms with Crippen LogP contribution in [0.25, 0.3) is 0 Å². The predicted molar refractivity (Wildman–Crippen MR) is 85.7 cm³/mol. The second-order valence-electron chi connectivity index (χ2n) is 5.81. The van der Waals surface area contributed by atoms with Crippen molar-refractivity contribution in [2.75, 3.05) is 5.32 Å².